The van der Waals surface area contributed by atoms with Crippen LogP contribution in [0.25, 0.3) is 11.1 Å². The van der Waals surface area contributed by atoms with Gasteiger partial charge in [-0.3, -0.25) is 0 Å². The highest BCUT2D eigenvalue weighted by molar-refractivity contribution is 5.94. The third kappa shape index (κ3) is 2.08. The van der Waals surface area contributed by atoms with E-state index in [-0.39, 0.29) is 12.0 Å². The maximum absolute atomic E-state index is 9.88. The summed E-state index contributed by atoms with van der Waals surface area (Å²) in [4.78, 5) is 0. The minimum absolute atomic E-state index is 0.0946. The number of aliphatic hydroxyl groups excluding tert-OH is 1. The average molecular weight is 264 g/mol. The monoisotopic (exact) mass is 264 g/mol. The van der Waals surface area contributed by atoms with Gasteiger partial charge in [-0.25, -0.2) is 0 Å². The molecule has 0 saturated heterocycles. The van der Waals surface area contributed by atoms with E-state index in [1.165, 1.54) is 22.3 Å². The van der Waals surface area contributed by atoms with E-state index in [0.29, 0.717) is 0 Å². The Bertz CT molecular complexity index is 650. The molecule has 102 valence electrons. The van der Waals surface area contributed by atoms with Crippen molar-refractivity contribution in [3.05, 3.63) is 71.3 Å². The first-order valence-electron chi connectivity index (χ1n) is 7.11. The van der Waals surface area contributed by atoms with E-state index in [9.17, 15) is 5.11 Å². The molecule has 0 saturated carbocycles. The van der Waals surface area contributed by atoms with E-state index >= 15 is 0 Å². The summed E-state index contributed by atoms with van der Waals surface area (Å²) in [6.45, 7) is 4.66. The van der Waals surface area contributed by atoms with E-state index in [1.54, 1.807) is 0 Å². The molecule has 1 aliphatic carbocycles. The van der Waals surface area contributed by atoms with Crippen LogP contribution in [0.3, 0.4) is 0 Å². The van der Waals surface area contributed by atoms with E-state index < -0.39 is 0 Å². The van der Waals surface area contributed by atoms with Gasteiger partial charge < -0.3 is 5.11 Å². The summed E-state index contributed by atoms with van der Waals surface area (Å²) in [7, 11) is 0. The highest BCUT2D eigenvalue weighted by Gasteiger charge is 2.32. The average Bonchev–Trinajstić information content (AvgIpc) is 2.48. The van der Waals surface area contributed by atoms with Crippen LogP contribution in [0, 0.1) is 0 Å². The molecule has 1 nitrogen and oxygen atoms in total. The molecule has 20 heavy (non-hydrogen) atoms. The zero-order valence-corrected chi connectivity index (χ0v) is 12.1. The predicted octanol–water partition coefficient (Wildman–Crippen LogP) is 4.27. The Labute approximate surface area is 120 Å². The standard InChI is InChI=1S/C19H20O/c1-19(2)12-16(14-8-4-3-5-9-14)17(13-20)15-10-6-7-11-18(15)19/h3-11,20H,12-13H2,1-2H3. The molecule has 0 spiro atoms. The lowest BCUT2D eigenvalue weighted by Crippen LogP contribution is -2.24. The van der Waals surface area contributed by atoms with Crippen molar-refractivity contribution in [1.29, 1.82) is 0 Å². The quantitative estimate of drug-likeness (QED) is 0.858. The lowest BCUT2D eigenvalue weighted by molar-refractivity contribution is 0.349. The topological polar surface area (TPSA) is 20.2 Å². The summed E-state index contributed by atoms with van der Waals surface area (Å²) in [5, 5.41) is 9.88. The number of benzene rings is 2. The number of hydrogen-bond acceptors (Lipinski definition) is 1. The van der Waals surface area contributed by atoms with Gasteiger partial charge in [-0.05, 0) is 39.7 Å². The Hall–Kier alpha value is -1.86. The zero-order valence-electron chi connectivity index (χ0n) is 12.1. The van der Waals surface area contributed by atoms with Gasteiger partial charge in [0.1, 0.15) is 0 Å². The largest absolute Gasteiger partial charge is 0.392 e. The van der Waals surface area contributed by atoms with Crippen LogP contribution in [-0.2, 0) is 5.41 Å². The lowest BCUT2D eigenvalue weighted by atomic mass is 9.69. The number of rotatable bonds is 2. The highest BCUT2D eigenvalue weighted by atomic mass is 16.3. The fourth-order valence-electron chi connectivity index (χ4n) is 3.24. The van der Waals surface area contributed by atoms with E-state index in [4.69, 9.17) is 0 Å². The smallest absolute Gasteiger partial charge is 0.0690 e. The third-order valence-electron chi connectivity index (χ3n) is 4.24. The van der Waals surface area contributed by atoms with Crippen LogP contribution in [0.1, 0.15) is 37.0 Å². The predicted molar refractivity (Wildman–Crippen MR) is 84.4 cm³/mol. The first-order valence-corrected chi connectivity index (χ1v) is 7.11. The molecule has 1 aliphatic rings. The van der Waals surface area contributed by atoms with E-state index in [0.717, 1.165) is 12.0 Å². The van der Waals surface area contributed by atoms with Crippen molar-refractivity contribution in [1.82, 2.24) is 0 Å². The van der Waals surface area contributed by atoms with Crippen molar-refractivity contribution in [3.8, 4) is 0 Å². The van der Waals surface area contributed by atoms with Crippen molar-refractivity contribution in [3.63, 3.8) is 0 Å². The van der Waals surface area contributed by atoms with Crippen molar-refractivity contribution in [2.45, 2.75) is 25.7 Å². The summed E-state index contributed by atoms with van der Waals surface area (Å²) >= 11 is 0. The summed E-state index contributed by atoms with van der Waals surface area (Å²) < 4.78 is 0. The van der Waals surface area contributed by atoms with Crippen LogP contribution >= 0.6 is 0 Å². The van der Waals surface area contributed by atoms with Crippen LogP contribution in [0.2, 0.25) is 0 Å². The van der Waals surface area contributed by atoms with Crippen molar-refractivity contribution in [2.75, 3.05) is 6.61 Å². The molecule has 0 amide bonds. The number of fused-ring (bicyclic) bond motifs is 1. The lowest BCUT2D eigenvalue weighted by Gasteiger charge is -2.35. The van der Waals surface area contributed by atoms with Gasteiger partial charge >= 0.3 is 0 Å². The van der Waals surface area contributed by atoms with Crippen molar-refractivity contribution in [2.24, 2.45) is 0 Å². The van der Waals surface area contributed by atoms with Crippen LogP contribution < -0.4 is 0 Å². The fourth-order valence-corrected chi connectivity index (χ4v) is 3.24. The van der Waals surface area contributed by atoms with Crippen LogP contribution in [-0.4, -0.2) is 11.7 Å². The molecule has 1 heteroatoms. The van der Waals surface area contributed by atoms with Crippen LogP contribution in [0.15, 0.2) is 54.6 Å². The molecule has 0 aromatic heterocycles. The molecular weight excluding hydrogens is 244 g/mol. The van der Waals surface area contributed by atoms with Gasteiger partial charge in [0.05, 0.1) is 6.61 Å². The molecule has 0 heterocycles. The van der Waals surface area contributed by atoms with Gasteiger partial charge in [0.2, 0.25) is 0 Å². The third-order valence-corrected chi connectivity index (χ3v) is 4.24. The van der Waals surface area contributed by atoms with Gasteiger partial charge in [-0.15, -0.1) is 0 Å². The van der Waals surface area contributed by atoms with Gasteiger partial charge in [0.25, 0.3) is 0 Å². The zero-order chi connectivity index (χ0) is 14.2. The first-order chi connectivity index (χ1) is 9.63. The first kappa shape index (κ1) is 13.1. The van der Waals surface area contributed by atoms with Gasteiger partial charge in [-0.1, -0.05) is 68.4 Å². The van der Waals surface area contributed by atoms with Crippen LogP contribution in [0.4, 0.5) is 0 Å². The summed E-state index contributed by atoms with van der Waals surface area (Å²) in [5.41, 5.74) is 6.20. The van der Waals surface area contributed by atoms with Gasteiger partial charge in [0, 0.05) is 0 Å². The second-order valence-electron chi connectivity index (χ2n) is 6.09. The van der Waals surface area contributed by atoms with Crippen molar-refractivity contribution >= 4 is 11.1 Å². The summed E-state index contributed by atoms with van der Waals surface area (Å²) in [5.74, 6) is 0. The molecule has 0 fully saturated rings. The molecule has 0 aliphatic heterocycles. The normalized spacial score (nSPS) is 16.9. The Morgan fingerprint density at radius 2 is 1.60 bits per heavy atom. The molecule has 0 unspecified atom stereocenters. The number of allylic oxidation sites excluding steroid dienone is 1. The maximum atomic E-state index is 9.88. The second kappa shape index (κ2) is 4.92. The molecule has 2 aromatic carbocycles. The summed E-state index contributed by atoms with van der Waals surface area (Å²) in [6.07, 6.45) is 0.962. The molecular formula is C19H20O. The highest BCUT2D eigenvalue weighted by Crippen LogP contribution is 2.45. The molecule has 0 radical (unpaired) electrons. The maximum Gasteiger partial charge on any atom is 0.0690 e. The Kier molecular flexibility index (Phi) is 3.23. The fraction of sp³-hybridized carbons (Fsp3) is 0.263. The number of aliphatic hydroxyl groups is 1. The molecule has 3 rings (SSSR count). The summed E-state index contributed by atoms with van der Waals surface area (Å²) in [6, 6.07) is 18.9. The Morgan fingerprint density at radius 3 is 2.30 bits per heavy atom. The minimum atomic E-state index is 0.0946. The second-order valence-corrected chi connectivity index (χ2v) is 6.09. The van der Waals surface area contributed by atoms with Crippen molar-refractivity contribution < 1.29 is 5.11 Å². The minimum Gasteiger partial charge on any atom is -0.392 e. The molecule has 1 N–H and O–H groups in total. The van der Waals surface area contributed by atoms with Crippen LogP contribution in [0.5, 0.6) is 0 Å². The Balaban J connectivity index is 2.25. The van der Waals surface area contributed by atoms with E-state index in [2.05, 4.69) is 62.4 Å². The molecule has 2 aromatic rings. The van der Waals surface area contributed by atoms with Gasteiger partial charge in [-0.2, -0.15) is 0 Å². The SMILES string of the molecule is CC1(C)CC(c2ccccc2)=C(CO)c2ccccc21. The van der Waals surface area contributed by atoms with Gasteiger partial charge in [0.15, 0.2) is 0 Å². The van der Waals surface area contributed by atoms with E-state index in [1.807, 2.05) is 6.07 Å². The molecule has 0 bridgehead atoms. The molecule has 0 atom stereocenters. The number of hydrogen-bond donors (Lipinski definition) is 1. The Morgan fingerprint density at radius 1 is 0.950 bits per heavy atom.